The van der Waals surface area contributed by atoms with Crippen molar-refractivity contribution in [3.8, 4) is 0 Å². The summed E-state index contributed by atoms with van der Waals surface area (Å²) < 4.78 is 0.624. The van der Waals surface area contributed by atoms with Crippen LogP contribution in [-0.2, 0) is 0 Å². The van der Waals surface area contributed by atoms with Crippen LogP contribution in [0.25, 0.3) is 0 Å². The van der Waals surface area contributed by atoms with Crippen LogP contribution < -0.4 is 5.32 Å². The molecular formula is C15H20BrNO2. The number of hydrogen-bond donors (Lipinski definition) is 2. The summed E-state index contributed by atoms with van der Waals surface area (Å²) in [5.74, 6) is -0.899. The second-order valence-corrected chi connectivity index (χ2v) is 6.75. The van der Waals surface area contributed by atoms with Crippen molar-refractivity contribution in [2.45, 2.75) is 45.6 Å². The molecule has 1 aliphatic rings. The molecule has 0 radical (unpaired) electrons. The van der Waals surface area contributed by atoms with Gasteiger partial charge < -0.3 is 10.4 Å². The van der Waals surface area contributed by atoms with Gasteiger partial charge in [0, 0.05) is 10.5 Å². The van der Waals surface area contributed by atoms with E-state index in [9.17, 15) is 9.90 Å². The first kappa shape index (κ1) is 14.4. The van der Waals surface area contributed by atoms with E-state index in [1.165, 1.54) is 19.3 Å². The first-order chi connectivity index (χ1) is 8.92. The van der Waals surface area contributed by atoms with Crippen LogP contribution in [0.3, 0.4) is 0 Å². The van der Waals surface area contributed by atoms with Crippen molar-refractivity contribution in [2.75, 3.05) is 5.32 Å². The monoisotopic (exact) mass is 325 g/mol. The number of aromatic carboxylic acids is 1. The molecule has 0 amide bonds. The molecule has 1 aromatic carbocycles. The van der Waals surface area contributed by atoms with Crippen LogP contribution >= 0.6 is 15.9 Å². The number of nitrogens with one attached hydrogen (secondary N) is 1. The highest BCUT2D eigenvalue weighted by atomic mass is 79.9. The van der Waals surface area contributed by atoms with E-state index in [2.05, 4.69) is 35.1 Å². The lowest BCUT2D eigenvalue weighted by Gasteiger charge is -2.40. The van der Waals surface area contributed by atoms with E-state index in [1.54, 1.807) is 6.07 Å². The van der Waals surface area contributed by atoms with Gasteiger partial charge in [0.2, 0.25) is 0 Å². The standard InChI is InChI=1S/C15H20BrNO2/c1-15(2)9-4-3-8-12(15)17-11-7-5-6-10(16)13(11)14(18)19/h5-7,12,17H,3-4,8-9H2,1-2H3,(H,18,19). The lowest BCUT2D eigenvalue weighted by molar-refractivity contribution is 0.0696. The molecule has 104 valence electrons. The lowest BCUT2D eigenvalue weighted by atomic mass is 9.73. The van der Waals surface area contributed by atoms with Crippen LogP contribution in [0, 0.1) is 5.41 Å². The van der Waals surface area contributed by atoms with E-state index in [-0.39, 0.29) is 5.41 Å². The summed E-state index contributed by atoms with van der Waals surface area (Å²) >= 11 is 3.32. The molecule has 0 spiro atoms. The van der Waals surface area contributed by atoms with Gasteiger partial charge in [-0.25, -0.2) is 4.79 Å². The predicted molar refractivity (Wildman–Crippen MR) is 80.8 cm³/mol. The maximum atomic E-state index is 11.4. The number of carbonyl (C=O) groups is 1. The Morgan fingerprint density at radius 3 is 2.79 bits per heavy atom. The molecule has 2 N–H and O–H groups in total. The van der Waals surface area contributed by atoms with Crippen molar-refractivity contribution in [3.63, 3.8) is 0 Å². The second kappa shape index (κ2) is 5.53. The van der Waals surface area contributed by atoms with Crippen LogP contribution in [0.15, 0.2) is 22.7 Å². The fourth-order valence-corrected chi connectivity index (χ4v) is 3.35. The van der Waals surface area contributed by atoms with Crippen molar-refractivity contribution in [2.24, 2.45) is 5.41 Å². The molecule has 2 rings (SSSR count). The molecular weight excluding hydrogens is 306 g/mol. The summed E-state index contributed by atoms with van der Waals surface area (Å²) in [6.45, 7) is 4.50. The Kier molecular flexibility index (Phi) is 4.19. The normalized spacial score (nSPS) is 21.9. The Morgan fingerprint density at radius 1 is 1.42 bits per heavy atom. The van der Waals surface area contributed by atoms with Crippen molar-refractivity contribution >= 4 is 27.6 Å². The molecule has 19 heavy (non-hydrogen) atoms. The van der Waals surface area contributed by atoms with Crippen molar-refractivity contribution in [3.05, 3.63) is 28.2 Å². The van der Waals surface area contributed by atoms with E-state index in [4.69, 9.17) is 0 Å². The SMILES string of the molecule is CC1(C)CCCCC1Nc1cccc(Br)c1C(=O)O. The van der Waals surface area contributed by atoms with E-state index in [0.717, 1.165) is 6.42 Å². The molecule has 1 aliphatic carbocycles. The Bertz CT molecular complexity index is 485. The minimum absolute atomic E-state index is 0.205. The third-order valence-corrected chi connectivity index (χ3v) is 4.73. The first-order valence-electron chi connectivity index (χ1n) is 6.70. The van der Waals surface area contributed by atoms with E-state index in [1.807, 2.05) is 12.1 Å². The number of anilines is 1. The van der Waals surface area contributed by atoms with Gasteiger partial charge in [0.15, 0.2) is 0 Å². The first-order valence-corrected chi connectivity index (χ1v) is 7.49. The molecule has 0 heterocycles. The molecule has 1 unspecified atom stereocenters. The highest BCUT2D eigenvalue weighted by Gasteiger charge is 2.32. The topological polar surface area (TPSA) is 49.3 Å². The zero-order valence-corrected chi connectivity index (χ0v) is 13.0. The number of benzene rings is 1. The molecule has 1 fully saturated rings. The van der Waals surface area contributed by atoms with Gasteiger partial charge in [-0.3, -0.25) is 0 Å². The van der Waals surface area contributed by atoms with E-state index in [0.29, 0.717) is 21.8 Å². The molecule has 3 nitrogen and oxygen atoms in total. The van der Waals surface area contributed by atoms with Crippen molar-refractivity contribution in [1.82, 2.24) is 0 Å². The zero-order valence-electron chi connectivity index (χ0n) is 11.4. The quantitative estimate of drug-likeness (QED) is 0.858. The Labute approximate surface area is 122 Å². The number of carboxylic acid groups (broad SMARTS) is 1. The highest BCUT2D eigenvalue weighted by molar-refractivity contribution is 9.10. The van der Waals surface area contributed by atoms with Crippen LogP contribution in [0.5, 0.6) is 0 Å². The molecule has 1 aromatic rings. The smallest absolute Gasteiger partial charge is 0.338 e. The summed E-state index contributed by atoms with van der Waals surface area (Å²) in [5, 5.41) is 12.8. The van der Waals surface area contributed by atoms with E-state index >= 15 is 0 Å². The van der Waals surface area contributed by atoms with Gasteiger partial charge in [0.1, 0.15) is 0 Å². The Morgan fingerprint density at radius 2 is 2.16 bits per heavy atom. The Hall–Kier alpha value is -1.03. The fraction of sp³-hybridized carbons (Fsp3) is 0.533. The van der Waals surface area contributed by atoms with Gasteiger partial charge in [0.05, 0.1) is 11.3 Å². The average Bonchev–Trinajstić information content (AvgIpc) is 2.31. The van der Waals surface area contributed by atoms with Crippen molar-refractivity contribution in [1.29, 1.82) is 0 Å². The van der Waals surface area contributed by atoms with Gasteiger partial charge in [-0.2, -0.15) is 0 Å². The number of halogens is 1. The summed E-state index contributed by atoms with van der Waals surface area (Å²) in [6, 6.07) is 5.81. The number of hydrogen-bond acceptors (Lipinski definition) is 2. The third kappa shape index (κ3) is 3.11. The molecule has 1 atom stereocenters. The maximum absolute atomic E-state index is 11.4. The third-order valence-electron chi connectivity index (χ3n) is 4.06. The molecule has 0 saturated heterocycles. The lowest BCUT2D eigenvalue weighted by Crippen LogP contribution is -2.39. The van der Waals surface area contributed by atoms with Gasteiger partial charge >= 0.3 is 5.97 Å². The second-order valence-electron chi connectivity index (χ2n) is 5.90. The van der Waals surface area contributed by atoms with Crippen LogP contribution in [0.2, 0.25) is 0 Å². The van der Waals surface area contributed by atoms with Gasteiger partial charge in [-0.15, -0.1) is 0 Å². The summed E-state index contributed by atoms with van der Waals surface area (Å²) in [7, 11) is 0. The van der Waals surface area contributed by atoms with E-state index < -0.39 is 5.97 Å². The van der Waals surface area contributed by atoms with Crippen molar-refractivity contribution < 1.29 is 9.90 Å². The van der Waals surface area contributed by atoms with Crippen LogP contribution in [0.1, 0.15) is 49.9 Å². The number of carboxylic acids is 1. The van der Waals surface area contributed by atoms with Gasteiger partial charge in [-0.05, 0) is 46.3 Å². The minimum Gasteiger partial charge on any atom is -0.478 e. The molecule has 1 saturated carbocycles. The molecule has 0 aliphatic heterocycles. The Balaban J connectivity index is 2.28. The van der Waals surface area contributed by atoms with Crippen LogP contribution in [-0.4, -0.2) is 17.1 Å². The highest BCUT2D eigenvalue weighted by Crippen LogP contribution is 2.38. The fourth-order valence-electron chi connectivity index (χ4n) is 2.81. The largest absolute Gasteiger partial charge is 0.478 e. The summed E-state index contributed by atoms with van der Waals surface area (Å²) in [6.07, 6.45) is 4.74. The molecule has 0 aromatic heterocycles. The van der Waals surface area contributed by atoms with Crippen LogP contribution in [0.4, 0.5) is 5.69 Å². The summed E-state index contributed by atoms with van der Waals surface area (Å²) in [5.41, 5.74) is 1.24. The molecule has 4 heteroatoms. The summed E-state index contributed by atoms with van der Waals surface area (Å²) in [4.78, 5) is 11.4. The van der Waals surface area contributed by atoms with Gasteiger partial charge in [-0.1, -0.05) is 32.8 Å². The van der Waals surface area contributed by atoms with Gasteiger partial charge in [0.25, 0.3) is 0 Å². The minimum atomic E-state index is -0.899. The average molecular weight is 326 g/mol. The molecule has 0 bridgehead atoms. The maximum Gasteiger partial charge on any atom is 0.338 e. The predicted octanol–water partition coefficient (Wildman–Crippen LogP) is 4.53. The zero-order chi connectivity index (χ0) is 14.0. The number of rotatable bonds is 3.